The maximum atomic E-state index is 12.4. The van der Waals surface area contributed by atoms with Crippen LogP contribution in [0.15, 0.2) is 30.3 Å². The molecule has 2 N–H and O–H groups in total. The van der Waals surface area contributed by atoms with Crippen molar-refractivity contribution in [3.8, 4) is 0 Å². The van der Waals surface area contributed by atoms with E-state index < -0.39 is 20.5 Å². The Labute approximate surface area is 125 Å². The topological polar surface area (TPSA) is 69.4 Å². The summed E-state index contributed by atoms with van der Waals surface area (Å²) in [6.07, 6.45) is 0. The number of methoxy groups -OCH3 is 1. The third-order valence-electron chi connectivity index (χ3n) is 4.05. The lowest BCUT2D eigenvalue weighted by Gasteiger charge is -2.15. The molecule has 0 saturated heterocycles. The van der Waals surface area contributed by atoms with E-state index in [1.807, 2.05) is 30.3 Å². The maximum Gasteiger partial charge on any atom is 0.154 e. The summed E-state index contributed by atoms with van der Waals surface area (Å²) in [7, 11) is -1.71. The number of benzene rings is 1. The van der Waals surface area contributed by atoms with Gasteiger partial charge in [0.15, 0.2) is 9.84 Å². The van der Waals surface area contributed by atoms with Crippen LogP contribution in [0.4, 0.5) is 0 Å². The number of hydrogen-bond donors (Lipinski definition) is 1. The quantitative estimate of drug-likeness (QED) is 0.806. The number of nitrogens with two attached hydrogens (primary N) is 1. The first-order chi connectivity index (χ1) is 9.41. The molecule has 1 aromatic carbocycles. The van der Waals surface area contributed by atoms with Crippen LogP contribution in [0.3, 0.4) is 0 Å². The maximum absolute atomic E-state index is 12.4. The molecule has 4 nitrogen and oxygen atoms in total. The second kappa shape index (κ2) is 5.42. The predicted molar refractivity (Wildman–Crippen MR) is 83.5 cm³/mol. The van der Waals surface area contributed by atoms with Crippen molar-refractivity contribution in [2.24, 2.45) is 11.1 Å². The molecule has 0 bridgehead atoms. The van der Waals surface area contributed by atoms with Crippen LogP contribution in [0.2, 0.25) is 0 Å². The van der Waals surface area contributed by atoms with Gasteiger partial charge in [-0.1, -0.05) is 49.5 Å². The normalized spacial score (nSPS) is 29.1. The van der Waals surface area contributed by atoms with Crippen LogP contribution < -0.4 is 5.73 Å². The van der Waals surface area contributed by atoms with Crippen LogP contribution in [0.5, 0.6) is 0 Å². The average molecular weight is 313 g/mol. The van der Waals surface area contributed by atoms with Gasteiger partial charge in [0.05, 0.1) is 22.3 Å². The molecule has 110 valence electrons. The highest BCUT2D eigenvalue weighted by molar-refractivity contribution is 7.92. The zero-order chi connectivity index (χ0) is 15.0. The molecule has 0 aliphatic heterocycles. The van der Waals surface area contributed by atoms with Crippen LogP contribution in [-0.4, -0.2) is 38.1 Å². The van der Waals surface area contributed by atoms with Gasteiger partial charge in [0.2, 0.25) is 0 Å². The van der Waals surface area contributed by atoms with Gasteiger partial charge in [-0.25, -0.2) is 8.42 Å². The van der Waals surface area contributed by atoms with Crippen molar-refractivity contribution < 1.29 is 13.2 Å². The molecule has 0 aromatic heterocycles. The second-order valence-electron chi connectivity index (χ2n) is 5.10. The fourth-order valence-corrected chi connectivity index (χ4v) is 5.49. The zero-order valence-electron chi connectivity index (χ0n) is 11.6. The van der Waals surface area contributed by atoms with Crippen LogP contribution in [0.25, 0.3) is 0 Å². The fourth-order valence-electron chi connectivity index (χ4n) is 3.02. The van der Waals surface area contributed by atoms with Gasteiger partial charge >= 0.3 is 0 Å². The number of hydrogen-bond acceptors (Lipinski definition) is 4. The molecule has 2 rings (SSSR count). The summed E-state index contributed by atoms with van der Waals surface area (Å²) in [6.45, 7) is 1.87. The van der Waals surface area contributed by atoms with Crippen molar-refractivity contribution in [1.82, 2.24) is 0 Å². The molecule has 1 aliphatic rings. The summed E-state index contributed by atoms with van der Waals surface area (Å²) in [5.41, 5.74) is 6.04. The van der Waals surface area contributed by atoms with Crippen molar-refractivity contribution in [2.75, 3.05) is 19.5 Å². The third-order valence-corrected chi connectivity index (χ3v) is 6.70. The Morgan fingerprint density at radius 2 is 2.00 bits per heavy atom. The molecule has 1 aliphatic carbocycles. The van der Waals surface area contributed by atoms with Gasteiger partial charge in [-0.05, 0) is 5.56 Å². The van der Waals surface area contributed by atoms with Crippen LogP contribution >= 0.6 is 12.2 Å². The van der Waals surface area contributed by atoms with Gasteiger partial charge < -0.3 is 10.5 Å². The monoisotopic (exact) mass is 313 g/mol. The van der Waals surface area contributed by atoms with E-state index in [1.54, 1.807) is 6.92 Å². The Hall–Kier alpha value is -0.980. The molecule has 1 fully saturated rings. The van der Waals surface area contributed by atoms with Gasteiger partial charge in [0, 0.05) is 18.8 Å². The Kier molecular flexibility index (Phi) is 4.18. The molecule has 0 heterocycles. The average Bonchev–Trinajstić information content (AvgIpc) is 3.11. The minimum absolute atomic E-state index is 0.0785. The van der Waals surface area contributed by atoms with Crippen molar-refractivity contribution in [1.29, 1.82) is 0 Å². The highest BCUT2D eigenvalue weighted by Crippen LogP contribution is 2.63. The van der Waals surface area contributed by atoms with Gasteiger partial charge in [0.25, 0.3) is 0 Å². The van der Waals surface area contributed by atoms with E-state index in [0.29, 0.717) is 0 Å². The van der Waals surface area contributed by atoms with Gasteiger partial charge in [-0.3, -0.25) is 0 Å². The largest absolute Gasteiger partial charge is 0.393 e. The highest BCUT2D eigenvalue weighted by Gasteiger charge is 2.72. The number of sulfone groups is 1. The number of thiocarbonyl (C=S) groups is 1. The Balaban J connectivity index is 2.51. The standard InChI is InChI=1S/C14H19NO3S2/c1-3-20(16,17)12-11(10-7-5-4-6-8-10)14(12,9-18-2)13(15)19/h4-8,11-12H,3,9H2,1-2H3,(H2,15,19)/t11-,12-,14+/m0/s1. The minimum atomic E-state index is -3.24. The number of ether oxygens (including phenoxy) is 1. The summed E-state index contributed by atoms with van der Waals surface area (Å²) in [6, 6.07) is 9.51. The first-order valence-electron chi connectivity index (χ1n) is 6.47. The molecule has 0 unspecified atom stereocenters. The Morgan fingerprint density at radius 1 is 1.40 bits per heavy atom. The van der Waals surface area contributed by atoms with E-state index in [2.05, 4.69) is 0 Å². The molecular weight excluding hydrogens is 294 g/mol. The van der Waals surface area contributed by atoms with Crippen LogP contribution in [-0.2, 0) is 14.6 Å². The van der Waals surface area contributed by atoms with Crippen molar-refractivity contribution >= 4 is 27.0 Å². The molecule has 20 heavy (non-hydrogen) atoms. The lowest BCUT2D eigenvalue weighted by atomic mass is 10.00. The SMILES string of the molecule is CCS(=O)(=O)[C@H]1[C@H](c2ccccc2)[C@@]1(COC)C(N)=S. The lowest BCUT2D eigenvalue weighted by Crippen LogP contribution is -2.33. The molecule has 0 amide bonds. The van der Waals surface area contributed by atoms with Gasteiger partial charge in [-0.2, -0.15) is 0 Å². The van der Waals surface area contributed by atoms with Crippen molar-refractivity contribution in [3.05, 3.63) is 35.9 Å². The van der Waals surface area contributed by atoms with E-state index in [9.17, 15) is 8.42 Å². The Bertz CT molecular complexity index is 600. The fraction of sp³-hybridized carbons (Fsp3) is 0.500. The highest BCUT2D eigenvalue weighted by atomic mass is 32.2. The van der Waals surface area contributed by atoms with Crippen LogP contribution in [0.1, 0.15) is 18.4 Å². The first kappa shape index (κ1) is 15.4. The summed E-state index contributed by atoms with van der Waals surface area (Å²) >= 11 is 5.16. The summed E-state index contributed by atoms with van der Waals surface area (Å²) in [5.74, 6) is -0.138. The lowest BCUT2D eigenvalue weighted by molar-refractivity contribution is 0.166. The molecule has 0 radical (unpaired) electrons. The number of rotatable bonds is 6. The zero-order valence-corrected chi connectivity index (χ0v) is 13.2. The predicted octanol–water partition coefficient (Wildman–Crippen LogP) is 1.51. The molecule has 0 spiro atoms. The van der Waals surface area contributed by atoms with Crippen molar-refractivity contribution in [2.45, 2.75) is 18.1 Å². The molecular formula is C14H19NO3S2. The smallest absolute Gasteiger partial charge is 0.154 e. The molecule has 3 atom stereocenters. The third kappa shape index (κ3) is 2.25. The van der Waals surface area contributed by atoms with Gasteiger partial charge in [-0.15, -0.1) is 0 Å². The van der Waals surface area contributed by atoms with Crippen molar-refractivity contribution in [3.63, 3.8) is 0 Å². The molecule has 6 heteroatoms. The van der Waals surface area contributed by atoms with Crippen LogP contribution in [0, 0.1) is 5.41 Å². The van der Waals surface area contributed by atoms with E-state index in [-0.39, 0.29) is 23.3 Å². The summed E-state index contributed by atoms with van der Waals surface area (Å²) in [4.78, 5) is 0.218. The summed E-state index contributed by atoms with van der Waals surface area (Å²) < 4.78 is 30.0. The first-order valence-corrected chi connectivity index (χ1v) is 8.59. The van der Waals surface area contributed by atoms with E-state index in [0.717, 1.165) is 5.56 Å². The second-order valence-corrected chi connectivity index (χ2v) is 7.95. The summed E-state index contributed by atoms with van der Waals surface area (Å²) in [5, 5.41) is -0.583. The molecule has 1 saturated carbocycles. The van der Waals surface area contributed by atoms with E-state index in [1.165, 1.54) is 7.11 Å². The Morgan fingerprint density at radius 3 is 2.45 bits per heavy atom. The van der Waals surface area contributed by atoms with Gasteiger partial charge in [0.1, 0.15) is 0 Å². The minimum Gasteiger partial charge on any atom is -0.393 e. The van der Waals surface area contributed by atoms with E-state index in [4.69, 9.17) is 22.7 Å². The molecule has 1 aromatic rings. The van der Waals surface area contributed by atoms with E-state index >= 15 is 0 Å².